The lowest BCUT2D eigenvalue weighted by Gasteiger charge is -2.51. The number of ether oxygens (including phenoxy) is 1. The summed E-state index contributed by atoms with van der Waals surface area (Å²) < 4.78 is 7.78. The Labute approximate surface area is 265 Å². The molecule has 1 aliphatic carbocycles. The maximum absolute atomic E-state index is 13.3. The predicted molar refractivity (Wildman–Crippen MR) is 180 cm³/mol. The first-order chi connectivity index (χ1) is 20.4. The first kappa shape index (κ1) is 33.6. The van der Waals surface area contributed by atoms with Crippen LogP contribution in [0.2, 0.25) is 0 Å². The average Bonchev–Trinajstić information content (AvgIpc) is 3.47. The second kappa shape index (κ2) is 12.3. The van der Waals surface area contributed by atoms with Gasteiger partial charge in [0.2, 0.25) is 5.88 Å². The number of rotatable bonds is 6. The van der Waals surface area contributed by atoms with Crippen molar-refractivity contribution in [2.24, 2.45) is 34.5 Å². The van der Waals surface area contributed by atoms with Crippen LogP contribution in [0.4, 0.5) is 10.5 Å². The highest BCUT2D eigenvalue weighted by Crippen LogP contribution is 2.54. The summed E-state index contributed by atoms with van der Waals surface area (Å²) in [7, 11) is 0. The van der Waals surface area contributed by atoms with Gasteiger partial charge in [0.15, 0.2) is 5.82 Å². The van der Waals surface area contributed by atoms with Crippen molar-refractivity contribution in [2.75, 3.05) is 13.1 Å². The van der Waals surface area contributed by atoms with Crippen LogP contribution in [0.1, 0.15) is 107 Å². The number of benzene rings is 1. The van der Waals surface area contributed by atoms with Crippen molar-refractivity contribution >= 4 is 17.4 Å². The number of aromatic nitrogens is 3. The van der Waals surface area contributed by atoms with E-state index in [0.29, 0.717) is 60.3 Å². The lowest BCUT2D eigenvalue weighted by Crippen LogP contribution is -2.44. The molecule has 1 aromatic carbocycles. The van der Waals surface area contributed by atoms with Gasteiger partial charge in [-0.05, 0) is 78.6 Å². The highest BCUT2D eigenvalue weighted by molar-refractivity contribution is 5.80. The van der Waals surface area contributed by atoms with Gasteiger partial charge in [0.25, 0.3) is 5.69 Å². The van der Waals surface area contributed by atoms with E-state index in [1.807, 2.05) is 13.8 Å². The molecule has 0 radical (unpaired) electrons. The molecule has 240 valence electrons. The molecular weight excluding hydrogens is 546 g/mol. The number of nitrogens with one attached hydrogen (secondary N) is 1. The highest BCUT2D eigenvalue weighted by Gasteiger charge is 2.46. The Hall–Kier alpha value is -3.27. The van der Waals surface area contributed by atoms with Crippen LogP contribution in [0.5, 0.6) is 5.88 Å². The zero-order valence-electron chi connectivity index (χ0n) is 29.3. The van der Waals surface area contributed by atoms with Crippen LogP contribution < -0.4 is 4.74 Å². The summed E-state index contributed by atoms with van der Waals surface area (Å²) in [6.07, 6.45) is 2.60. The zero-order valence-corrected chi connectivity index (χ0v) is 29.3. The summed E-state index contributed by atoms with van der Waals surface area (Å²) >= 11 is 0. The fourth-order valence-corrected chi connectivity index (χ4v) is 7.42. The van der Waals surface area contributed by atoms with Crippen LogP contribution in [-0.4, -0.2) is 38.7 Å². The van der Waals surface area contributed by atoms with Crippen molar-refractivity contribution in [2.45, 2.75) is 108 Å². The Morgan fingerprint density at radius 3 is 2.00 bits per heavy atom. The summed E-state index contributed by atoms with van der Waals surface area (Å²) in [5.41, 5.74) is 4.40. The van der Waals surface area contributed by atoms with Crippen molar-refractivity contribution in [3.63, 3.8) is 0 Å². The molecule has 1 N–H and O–H groups in total. The number of carbonyl (C=O) groups excluding carboxylic acids is 1. The topological polar surface area (TPSA) is 67.0 Å². The standard InChI is InChI=1S/C37H55N5O2/c1-14-41(15-2)34(43)44-33-30(38-13)27(22-26-28(36(7,8)9)20-23(3)21-29(26)37(10,11)12)32-39-31(40-42(32)33)24-16-18-25(19-17-24)35(4,5)6/h16-19,23,26,28-29H,14-15,20-22H2,1-12H3,(H,39,40). The molecule has 1 saturated carbocycles. The lowest BCUT2D eigenvalue weighted by molar-refractivity contribution is -0.0136. The van der Waals surface area contributed by atoms with E-state index in [1.54, 1.807) is 9.42 Å². The number of amides is 1. The van der Waals surface area contributed by atoms with Crippen molar-refractivity contribution in [1.82, 2.24) is 19.5 Å². The van der Waals surface area contributed by atoms with E-state index >= 15 is 0 Å². The monoisotopic (exact) mass is 601 g/mol. The molecule has 1 amide bonds. The minimum Gasteiger partial charge on any atom is -0.402 e. The quantitative estimate of drug-likeness (QED) is 0.286. The second-order valence-electron chi connectivity index (χ2n) is 16.2. The molecule has 1 fully saturated rings. The molecule has 7 nitrogen and oxygen atoms in total. The molecule has 0 aliphatic heterocycles. The lowest BCUT2D eigenvalue weighted by atomic mass is 9.54. The summed E-state index contributed by atoms with van der Waals surface area (Å²) in [6, 6.07) is 8.46. The Kier molecular flexibility index (Phi) is 9.37. The molecule has 3 aromatic rings. The van der Waals surface area contributed by atoms with Gasteiger partial charge in [-0.25, -0.2) is 19.1 Å². The van der Waals surface area contributed by atoms with Gasteiger partial charge in [0.05, 0.1) is 6.57 Å². The largest absolute Gasteiger partial charge is 0.415 e. The normalized spacial score (nSPS) is 21.3. The fourth-order valence-electron chi connectivity index (χ4n) is 7.42. The second-order valence-corrected chi connectivity index (χ2v) is 16.2. The van der Waals surface area contributed by atoms with Crippen molar-refractivity contribution in [3.05, 3.63) is 46.8 Å². The van der Waals surface area contributed by atoms with Gasteiger partial charge in [-0.3, -0.25) is 5.10 Å². The van der Waals surface area contributed by atoms with E-state index in [1.165, 1.54) is 18.4 Å². The number of aromatic amines is 1. The van der Waals surface area contributed by atoms with Crippen molar-refractivity contribution in [3.8, 4) is 17.3 Å². The van der Waals surface area contributed by atoms with Gasteiger partial charge in [-0.15, -0.1) is 0 Å². The van der Waals surface area contributed by atoms with E-state index < -0.39 is 6.09 Å². The van der Waals surface area contributed by atoms with Gasteiger partial charge in [-0.1, -0.05) is 93.5 Å². The van der Waals surface area contributed by atoms with E-state index in [-0.39, 0.29) is 22.1 Å². The summed E-state index contributed by atoms with van der Waals surface area (Å²) in [5, 5.41) is 3.41. The van der Waals surface area contributed by atoms with Gasteiger partial charge in [0.1, 0.15) is 5.65 Å². The van der Waals surface area contributed by atoms with E-state index in [4.69, 9.17) is 16.3 Å². The molecule has 0 saturated heterocycles. The SMILES string of the molecule is [C-]#[N+]c1c(CC2C(C(C)(C)C)CC(C)CC2C(C)(C)C)c2nc(-c3ccc(C(C)(C)C)cc3)[nH]n2c1OC(=O)N(CC)CC. The van der Waals surface area contributed by atoms with Crippen LogP contribution in [0.25, 0.3) is 21.9 Å². The highest BCUT2D eigenvalue weighted by atomic mass is 16.6. The maximum Gasteiger partial charge on any atom is 0.415 e. The van der Waals surface area contributed by atoms with Crippen LogP contribution in [0, 0.1) is 41.1 Å². The Bertz CT molecular complexity index is 1470. The minimum absolute atomic E-state index is 0.0445. The van der Waals surface area contributed by atoms with E-state index in [0.717, 1.165) is 11.1 Å². The summed E-state index contributed by atoms with van der Waals surface area (Å²) in [5.74, 6) is 2.89. The van der Waals surface area contributed by atoms with E-state index in [2.05, 4.69) is 103 Å². The average molecular weight is 602 g/mol. The third-order valence-corrected chi connectivity index (χ3v) is 9.96. The zero-order chi connectivity index (χ0) is 32.8. The molecule has 1 aliphatic rings. The molecule has 0 bridgehead atoms. The number of H-pyrrole nitrogens is 1. The van der Waals surface area contributed by atoms with E-state index in [9.17, 15) is 4.79 Å². The van der Waals surface area contributed by atoms with Crippen molar-refractivity contribution in [1.29, 1.82) is 0 Å². The van der Waals surface area contributed by atoms with Crippen molar-refractivity contribution < 1.29 is 9.53 Å². The number of hydrogen-bond donors (Lipinski definition) is 1. The first-order valence-electron chi connectivity index (χ1n) is 16.5. The number of fused-ring (bicyclic) bond motifs is 1. The Morgan fingerprint density at radius 2 is 1.55 bits per heavy atom. The van der Waals surface area contributed by atoms with Gasteiger partial charge < -0.3 is 9.64 Å². The molecule has 0 spiro atoms. The smallest absolute Gasteiger partial charge is 0.402 e. The maximum atomic E-state index is 13.3. The summed E-state index contributed by atoms with van der Waals surface area (Å²) in [4.78, 5) is 24.0. The molecule has 44 heavy (non-hydrogen) atoms. The molecule has 2 aromatic heterocycles. The van der Waals surface area contributed by atoms with Crippen LogP contribution in [0.15, 0.2) is 24.3 Å². The summed E-state index contributed by atoms with van der Waals surface area (Å²) in [6.45, 7) is 36.4. The van der Waals surface area contributed by atoms with Crippen LogP contribution in [-0.2, 0) is 11.8 Å². The molecule has 7 heteroatoms. The third-order valence-electron chi connectivity index (χ3n) is 9.96. The number of nitrogens with zero attached hydrogens (tertiary/aromatic N) is 4. The minimum atomic E-state index is -0.455. The van der Waals surface area contributed by atoms with Gasteiger partial charge >= 0.3 is 6.09 Å². The predicted octanol–water partition coefficient (Wildman–Crippen LogP) is 9.93. The van der Waals surface area contributed by atoms with Gasteiger partial charge in [0, 0.05) is 24.2 Å². The Balaban J connectivity index is 1.91. The third kappa shape index (κ3) is 6.70. The van der Waals surface area contributed by atoms with Crippen LogP contribution in [0.3, 0.4) is 0 Å². The van der Waals surface area contributed by atoms with Gasteiger partial charge in [-0.2, -0.15) is 0 Å². The Morgan fingerprint density at radius 1 is 1.00 bits per heavy atom. The van der Waals surface area contributed by atoms with Crippen LogP contribution >= 0.6 is 0 Å². The molecule has 2 unspecified atom stereocenters. The molecular formula is C37H55N5O2. The molecule has 4 rings (SSSR count). The molecule has 2 atom stereocenters. The number of hydrogen-bond acceptors (Lipinski definition) is 3. The fraction of sp³-hybridized carbons (Fsp3) is 0.649. The molecule has 2 heterocycles. The first-order valence-corrected chi connectivity index (χ1v) is 16.5. The number of carbonyl (C=O) groups is 1.